The number of nitrogens with one attached hydrogen (secondary N) is 1. The van der Waals surface area contributed by atoms with Crippen molar-refractivity contribution < 1.29 is 14.8 Å². The molecule has 1 aromatic carbocycles. The molecule has 17 heavy (non-hydrogen) atoms. The molecule has 0 atom stereocenters. The normalized spacial score (nSPS) is 10.5. The van der Waals surface area contributed by atoms with Crippen molar-refractivity contribution in [1.29, 1.82) is 0 Å². The fourth-order valence-corrected chi connectivity index (χ4v) is 1.26. The highest BCUT2D eigenvalue weighted by Gasteiger charge is 2.17. The number of carbonyl (C=O) groups is 1. The number of hydrogen-bond donors (Lipinski definition) is 2. The molecule has 1 amide bonds. The van der Waals surface area contributed by atoms with Crippen molar-refractivity contribution in [1.82, 2.24) is 5.43 Å². The van der Waals surface area contributed by atoms with Crippen LogP contribution in [0.2, 0.25) is 5.02 Å². The van der Waals surface area contributed by atoms with Gasteiger partial charge < -0.3 is 5.11 Å². The zero-order chi connectivity index (χ0) is 13.0. The fraction of sp³-hybridized carbons (Fsp3) is 0.111. The number of hydrogen-bond acceptors (Lipinski definition) is 5. The number of aromatic hydroxyl groups is 1. The molecular weight excluding hydrogens is 250 g/mol. The van der Waals surface area contributed by atoms with Gasteiger partial charge in [0.2, 0.25) is 11.7 Å². The molecule has 0 aromatic heterocycles. The van der Waals surface area contributed by atoms with Crippen LogP contribution in [0.1, 0.15) is 12.5 Å². The lowest BCUT2D eigenvalue weighted by molar-refractivity contribution is -0.385. The molecule has 0 heterocycles. The van der Waals surface area contributed by atoms with Crippen molar-refractivity contribution in [2.75, 3.05) is 0 Å². The molecular formula is C9H8ClN3O4. The summed E-state index contributed by atoms with van der Waals surface area (Å²) in [7, 11) is 0. The highest BCUT2D eigenvalue weighted by molar-refractivity contribution is 6.31. The second-order valence-corrected chi connectivity index (χ2v) is 3.48. The monoisotopic (exact) mass is 257 g/mol. The van der Waals surface area contributed by atoms with Crippen molar-refractivity contribution in [3.05, 3.63) is 32.8 Å². The molecule has 0 aliphatic rings. The van der Waals surface area contributed by atoms with E-state index in [-0.39, 0.29) is 10.6 Å². The minimum Gasteiger partial charge on any atom is -0.502 e. The summed E-state index contributed by atoms with van der Waals surface area (Å²) in [5.74, 6) is -0.967. The van der Waals surface area contributed by atoms with Crippen LogP contribution in [0.4, 0.5) is 5.69 Å². The number of phenolic OH excluding ortho intramolecular Hbond substituents is 1. The summed E-state index contributed by atoms with van der Waals surface area (Å²) in [6, 6.07) is 2.31. The molecule has 2 N–H and O–H groups in total. The maximum absolute atomic E-state index is 10.6. The first-order chi connectivity index (χ1) is 7.91. The van der Waals surface area contributed by atoms with Crippen LogP contribution in [0.25, 0.3) is 0 Å². The van der Waals surface area contributed by atoms with Gasteiger partial charge in [-0.3, -0.25) is 14.9 Å². The molecule has 0 bridgehead atoms. The molecule has 0 spiro atoms. The van der Waals surface area contributed by atoms with Crippen LogP contribution in [0.3, 0.4) is 0 Å². The zero-order valence-corrected chi connectivity index (χ0v) is 9.43. The summed E-state index contributed by atoms with van der Waals surface area (Å²) in [6.07, 6.45) is 1.07. The second-order valence-electron chi connectivity index (χ2n) is 3.05. The highest BCUT2D eigenvalue weighted by Crippen LogP contribution is 2.32. The molecule has 0 aliphatic carbocycles. The first-order valence-electron chi connectivity index (χ1n) is 4.38. The minimum atomic E-state index is -0.767. The van der Waals surface area contributed by atoms with E-state index in [1.807, 2.05) is 0 Å². The van der Waals surface area contributed by atoms with Gasteiger partial charge in [-0.05, 0) is 6.07 Å². The van der Waals surface area contributed by atoms with Crippen LogP contribution in [0, 0.1) is 10.1 Å². The average Bonchev–Trinajstić information content (AvgIpc) is 2.21. The van der Waals surface area contributed by atoms with E-state index in [0.29, 0.717) is 0 Å². The number of nitrogens with zero attached hydrogens (tertiary/aromatic N) is 2. The van der Waals surface area contributed by atoms with Gasteiger partial charge in [-0.2, -0.15) is 5.10 Å². The number of phenols is 1. The topological polar surface area (TPSA) is 105 Å². The highest BCUT2D eigenvalue weighted by atomic mass is 35.5. The molecule has 0 unspecified atom stereocenters. The number of nitro benzene ring substituents is 1. The summed E-state index contributed by atoms with van der Waals surface area (Å²) in [4.78, 5) is 20.4. The van der Waals surface area contributed by atoms with Gasteiger partial charge >= 0.3 is 5.69 Å². The molecule has 0 saturated carbocycles. The minimum absolute atomic E-state index is 0.0398. The van der Waals surface area contributed by atoms with E-state index in [1.165, 1.54) is 13.0 Å². The Kier molecular flexibility index (Phi) is 4.00. The Bertz CT molecular complexity index is 501. The maximum Gasteiger partial charge on any atom is 0.312 e. The molecule has 90 valence electrons. The van der Waals surface area contributed by atoms with Gasteiger partial charge in [0.25, 0.3) is 0 Å². The first-order valence-corrected chi connectivity index (χ1v) is 4.76. The first kappa shape index (κ1) is 12.9. The van der Waals surface area contributed by atoms with Crippen LogP contribution in [0.15, 0.2) is 17.2 Å². The molecule has 1 aromatic rings. The van der Waals surface area contributed by atoms with Crippen molar-refractivity contribution >= 4 is 29.4 Å². The lowest BCUT2D eigenvalue weighted by Gasteiger charge is -2.01. The average molecular weight is 258 g/mol. The Hall–Kier alpha value is -2.15. The number of carbonyl (C=O) groups excluding carboxylic acids is 1. The Morgan fingerprint density at radius 1 is 1.65 bits per heavy atom. The predicted octanol–water partition coefficient (Wildman–Crippen LogP) is 1.42. The molecule has 7 nitrogen and oxygen atoms in total. The number of benzene rings is 1. The van der Waals surface area contributed by atoms with Gasteiger partial charge in [0.1, 0.15) is 0 Å². The van der Waals surface area contributed by atoms with Crippen LogP contribution >= 0.6 is 11.6 Å². The van der Waals surface area contributed by atoms with Crippen LogP contribution in [0.5, 0.6) is 5.75 Å². The maximum atomic E-state index is 10.6. The number of hydrazone groups is 1. The van der Waals surface area contributed by atoms with Gasteiger partial charge in [0.05, 0.1) is 11.1 Å². The molecule has 1 rings (SSSR count). The van der Waals surface area contributed by atoms with Gasteiger partial charge in [0, 0.05) is 23.6 Å². The van der Waals surface area contributed by atoms with E-state index >= 15 is 0 Å². The summed E-state index contributed by atoms with van der Waals surface area (Å²) >= 11 is 5.64. The van der Waals surface area contributed by atoms with Crippen LogP contribution in [-0.2, 0) is 4.79 Å². The van der Waals surface area contributed by atoms with E-state index in [0.717, 1.165) is 12.3 Å². The third kappa shape index (κ3) is 3.42. The van der Waals surface area contributed by atoms with Gasteiger partial charge in [0.15, 0.2) is 0 Å². The Balaban J connectivity index is 3.11. The fourth-order valence-electron chi connectivity index (χ4n) is 1.04. The largest absolute Gasteiger partial charge is 0.502 e. The van der Waals surface area contributed by atoms with Crippen molar-refractivity contribution in [2.24, 2.45) is 5.10 Å². The van der Waals surface area contributed by atoms with Gasteiger partial charge in [-0.1, -0.05) is 11.6 Å². The number of amides is 1. The van der Waals surface area contributed by atoms with Crippen molar-refractivity contribution in [3.8, 4) is 5.75 Å². The molecule has 0 fully saturated rings. The molecule has 8 heteroatoms. The predicted molar refractivity (Wildman–Crippen MR) is 61.2 cm³/mol. The Morgan fingerprint density at radius 3 is 2.82 bits per heavy atom. The number of nitro groups is 1. The number of rotatable bonds is 3. The standard InChI is InChI=1S/C9H8ClN3O4/c1-5(14)12-11-4-6-2-7(10)3-8(9(6)15)13(16)17/h2-4,15H,1H3,(H,12,14)/b11-4+. The molecule has 0 aliphatic heterocycles. The molecule has 0 saturated heterocycles. The quantitative estimate of drug-likeness (QED) is 0.485. The Labute approximate surface area is 101 Å². The van der Waals surface area contributed by atoms with Crippen LogP contribution < -0.4 is 5.43 Å². The summed E-state index contributed by atoms with van der Waals surface area (Å²) in [6.45, 7) is 1.25. The van der Waals surface area contributed by atoms with Crippen molar-refractivity contribution in [3.63, 3.8) is 0 Å². The third-order valence-corrected chi connectivity index (χ3v) is 1.92. The summed E-state index contributed by atoms with van der Waals surface area (Å²) in [5, 5.41) is 23.7. The van der Waals surface area contributed by atoms with Gasteiger partial charge in [-0.15, -0.1) is 0 Å². The van der Waals surface area contributed by atoms with E-state index in [1.54, 1.807) is 0 Å². The lowest BCUT2D eigenvalue weighted by Crippen LogP contribution is -2.12. The Morgan fingerprint density at radius 2 is 2.29 bits per heavy atom. The zero-order valence-electron chi connectivity index (χ0n) is 8.68. The van der Waals surface area contributed by atoms with Crippen LogP contribution in [-0.4, -0.2) is 22.2 Å². The third-order valence-electron chi connectivity index (χ3n) is 1.71. The van der Waals surface area contributed by atoms with E-state index in [9.17, 15) is 20.0 Å². The van der Waals surface area contributed by atoms with E-state index < -0.39 is 22.3 Å². The SMILES string of the molecule is CC(=O)N/N=C/c1cc(Cl)cc([N+](=O)[O-])c1O. The number of halogens is 1. The summed E-state index contributed by atoms with van der Waals surface area (Å²) < 4.78 is 0. The second kappa shape index (κ2) is 5.26. The van der Waals surface area contributed by atoms with E-state index in [4.69, 9.17) is 11.6 Å². The van der Waals surface area contributed by atoms with E-state index in [2.05, 4.69) is 10.5 Å². The smallest absolute Gasteiger partial charge is 0.312 e. The lowest BCUT2D eigenvalue weighted by atomic mass is 10.2. The van der Waals surface area contributed by atoms with Gasteiger partial charge in [-0.25, -0.2) is 5.43 Å². The molecule has 0 radical (unpaired) electrons. The summed E-state index contributed by atoms with van der Waals surface area (Å²) in [5.41, 5.74) is 1.61. The van der Waals surface area contributed by atoms with Crippen molar-refractivity contribution in [2.45, 2.75) is 6.92 Å².